The minimum Gasteiger partial charge on any atom is -0.477 e. The van der Waals surface area contributed by atoms with Gasteiger partial charge in [-0.05, 0) is 12.1 Å². The van der Waals surface area contributed by atoms with E-state index in [-0.39, 0.29) is 11.8 Å². The van der Waals surface area contributed by atoms with Crippen molar-refractivity contribution in [1.82, 2.24) is 9.88 Å². The van der Waals surface area contributed by atoms with Crippen molar-refractivity contribution in [2.45, 2.75) is 12.6 Å². The average Bonchev–Trinajstić information content (AvgIpc) is 2.95. The van der Waals surface area contributed by atoms with Crippen molar-refractivity contribution >= 4 is 23.0 Å². The SMILES string of the molecule is O=C1NCC(Cn2c(C(=O)O)cc3ccccc32)O1. The van der Waals surface area contributed by atoms with E-state index >= 15 is 0 Å². The first-order valence-corrected chi connectivity index (χ1v) is 5.91. The molecule has 0 radical (unpaired) electrons. The molecule has 3 rings (SSSR count). The molecule has 0 bridgehead atoms. The van der Waals surface area contributed by atoms with Crippen molar-refractivity contribution in [3.8, 4) is 0 Å². The van der Waals surface area contributed by atoms with E-state index in [1.165, 1.54) is 0 Å². The number of fused-ring (bicyclic) bond motifs is 1. The van der Waals surface area contributed by atoms with Gasteiger partial charge in [-0.3, -0.25) is 0 Å². The van der Waals surface area contributed by atoms with Gasteiger partial charge in [0.25, 0.3) is 0 Å². The Bertz CT molecular complexity index is 662. The van der Waals surface area contributed by atoms with E-state index in [1.807, 2.05) is 24.3 Å². The lowest BCUT2D eigenvalue weighted by molar-refractivity contribution is 0.0682. The smallest absolute Gasteiger partial charge is 0.407 e. The molecule has 98 valence electrons. The molecule has 6 heteroatoms. The van der Waals surface area contributed by atoms with E-state index in [4.69, 9.17) is 4.74 Å². The minimum atomic E-state index is -0.992. The first-order valence-electron chi connectivity index (χ1n) is 5.91. The molecule has 1 fully saturated rings. The number of carbonyl (C=O) groups excluding carboxylic acids is 1. The summed E-state index contributed by atoms with van der Waals surface area (Å²) in [6.45, 7) is 0.721. The Morgan fingerprint density at radius 3 is 2.95 bits per heavy atom. The topological polar surface area (TPSA) is 80.6 Å². The number of para-hydroxylation sites is 1. The third-order valence-corrected chi connectivity index (χ3v) is 3.16. The first-order chi connectivity index (χ1) is 9.15. The molecule has 1 aromatic heterocycles. The number of amides is 1. The monoisotopic (exact) mass is 260 g/mol. The van der Waals surface area contributed by atoms with Crippen LogP contribution in [-0.2, 0) is 11.3 Å². The number of carbonyl (C=O) groups is 2. The number of rotatable bonds is 3. The van der Waals surface area contributed by atoms with E-state index in [0.29, 0.717) is 13.1 Å². The number of carboxylic acid groups (broad SMARTS) is 1. The summed E-state index contributed by atoms with van der Waals surface area (Å²) in [6.07, 6.45) is -0.806. The Morgan fingerprint density at radius 1 is 1.47 bits per heavy atom. The number of cyclic esters (lactones) is 1. The second kappa shape index (κ2) is 4.31. The van der Waals surface area contributed by atoms with Gasteiger partial charge in [-0.15, -0.1) is 0 Å². The van der Waals surface area contributed by atoms with E-state index in [0.717, 1.165) is 10.9 Å². The van der Waals surface area contributed by atoms with Crippen molar-refractivity contribution in [2.75, 3.05) is 6.54 Å². The zero-order valence-electron chi connectivity index (χ0n) is 10.00. The van der Waals surface area contributed by atoms with Gasteiger partial charge in [-0.25, -0.2) is 9.59 Å². The normalized spacial score (nSPS) is 18.3. The van der Waals surface area contributed by atoms with Crippen LogP contribution in [0.15, 0.2) is 30.3 Å². The molecule has 1 aliphatic rings. The summed E-state index contributed by atoms with van der Waals surface area (Å²) < 4.78 is 6.72. The average molecular weight is 260 g/mol. The predicted octanol–water partition coefficient (Wildman–Crippen LogP) is 1.45. The van der Waals surface area contributed by atoms with Gasteiger partial charge in [-0.2, -0.15) is 0 Å². The number of carboxylic acids is 1. The molecule has 1 saturated heterocycles. The number of hydrogen-bond acceptors (Lipinski definition) is 3. The van der Waals surface area contributed by atoms with Crippen molar-refractivity contribution in [1.29, 1.82) is 0 Å². The Morgan fingerprint density at radius 2 is 2.26 bits per heavy atom. The van der Waals surface area contributed by atoms with Gasteiger partial charge in [-0.1, -0.05) is 18.2 Å². The molecule has 1 amide bonds. The van der Waals surface area contributed by atoms with Gasteiger partial charge in [0, 0.05) is 10.9 Å². The fourth-order valence-electron chi connectivity index (χ4n) is 2.32. The van der Waals surface area contributed by atoms with Gasteiger partial charge in [0.05, 0.1) is 13.1 Å². The van der Waals surface area contributed by atoms with Crippen LogP contribution < -0.4 is 5.32 Å². The highest BCUT2D eigenvalue weighted by molar-refractivity contribution is 5.94. The number of aromatic nitrogens is 1. The summed E-state index contributed by atoms with van der Waals surface area (Å²) in [7, 11) is 0. The third-order valence-electron chi connectivity index (χ3n) is 3.16. The summed E-state index contributed by atoms with van der Waals surface area (Å²) in [5.74, 6) is -0.992. The molecule has 19 heavy (non-hydrogen) atoms. The number of benzene rings is 1. The molecule has 1 aliphatic heterocycles. The maximum Gasteiger partial charge on any atom is 0.407 e. The van der Waals surface area contributed by atoms with Crippen molar-refractivity contribution in [3.05, 3.63) is 36.0 Å². The van der Waals surface area contributed by atoms with Gasteiger partial charge >= 0.3 is 12.1 Å². The predicted molar refractivity (Wildman–Crippen MR) is 67.2 cm³/mol. The van der Waals surface area contributed by atoms with Crippen LogP contribution in [0.4, 0.5) is 4.79 Å². The van der Waals surface area contributed by atoms with Crippen LogP contribution in [0.5, 0.6) is 0 Å². The molecular formula is C13H12N2O4. The van der Waals surface area contributed by atoms with Gasteiger partial charge in [0.15, 0.2) is 0 Å². The number of alkyl carbamates (subject to hydrolysis) is 1. The van der Waals surface area contributed by atoms with Crippen molar-refractivity contribution in [2.24, 2.45) is 0 Å². The van der Waals surface area contributed by atoms with Crippen LogP contribution in [0, 0.1) is 0 Å². The molecule has 6 nitrogen and oxygen atoms in total. The maximum absolute atomic E-state index is 11.3. The van der Waals surface area contributed by atoms with Gasteiger partial charge < -0.3 is 19.7 Å². The number of aromatic carboxylic acids is 1. The second-order valence-electron chi connectivity index (χ2n) is 4.41. The molecule has 0 saturated carbocycles. The van der Waals surface area contributed by atoms with Crippen LogP contribution in [0.25, 0.3) is 10.9 Å². The summed E-state index contributed by atoms with van der Waals surface area (Å²) in [5.41, 5.74) is 1.02. The van der Waals surface area contributed by atoms with E-state index < -0.39 is 12.1 Å². The van der Waals surface area contributed by atoms with Gasteiger partial charge in [0.2, 0.25) is 0 Å². The van der Waals surface area contributed by atoms with E-state index in [9.17, 15) is 14.7 Å². The highest BCUT2D eigenvalue weighted by atomic mass is 16.6. The van der Waals surface area contributed by atoms with Crippen LogP contribution in [0.1, 0.15) is 10.5 Å². The fraction of sp³-hybridized carbons (Fsp3) is 0.231. The maximum atomic E-state index is 11.3. The third kappa shape index (κ3) is 2.01. The summed E-state index contributed by atoms with van der Waals surface area (Å²) >= 11 is 0. The molecule has 1 aromatic carbocycles. The zero-order valence-corrected chi connectivity index (χ0v) is 10.00. The number of nitrogens with zero attached hydrogens (tertiary/aromatic N) is 1. The quantitative estimate of drug-likeness (QED) is 0.875. The largest absolute Gasteiger partial charge is 0.477 e. The zero-order chi connectivity index (χ0) is 13.4. The lowest BCUT2D eigenvalue weighted by Gasteiger charge is -2.12. The van der Waals surface area contributed by atoms with Crippen LogP contribution in [0.2, 0.25) is 0 Å². The minimum absolute atomic E-state index is 0.198. The standard InChI is InChI=1S/C13H12N2O4/c16-12(17)11-5-8-3-1-2-4-10(8)15(11)7-9-6-14-13(18)19-9/h1-5,9H,6-7H2,(H,14,18)(H,16,17). The number of ether oxygens (including phenoxy) is 1. The summed E-state index contributed by atoms with van der Waals surface area (Å²) in [6, 6.07) is 9.05. The first kappa shape index (κ1) is 11.6. The van der Waals surface area contributed by atoms with Gasteiger partial charge in [0.1, 0.15) is 11.8 Å². The molecule has 0 spiro atoms. The Balaban J connectivity index is 2.02. The highest BCUT2D eigenvalue weighted by Gasteiger charge is 2.25. The Labute approximate surface area is 108 Å². The second-order valence-corrected chi connectivity index (χ2v) is 4.41. The molecule has 1 unspecified atom stereocenters. The van der Waals surface area contributed by atoms with Crippen LogP contribution in [0.3, 0.4) is 0 Å². The molecule has 1 atom stereocenters. The highest BCUT2D eigenvalue weighted by Crippen LogP contribution is 2.21. The number of nitrogens with one attached hydrogen (secondary N) is 1. The Kier molecular flexibility index (Phi) is 2.63. The van der Waals surface area contributed by atoms with Crippen molar-refractivity contribution < 1.29 is 19.4 Å². The molecule has 2 N–H and O–H groups in total. The van der Waals surface area contributed by atoms with Crippen LogP contribution in [-0.4, -0.2) is 34.4 Å². The fourth-order valence-corrected chi connectivity index (χ4v) is 2.32. The van der Waals surface area contributed by atoms with E-state index in [1.54, 1.807) is 10.6 Å². The number of hydrogen-bond donors (Lipinski definition) is 2. The summed E-state index contributed by atoms with van der Waals surface area (Å²) in [5, 5.41) is 12.7. The van der Waals surface area contributed by atoms with E-state index in [2.05, 4.69) is 5.32 Å². The lowest BCUT2D eigenvalue weighted by atomic mass is 10.2. The van der Waals surface area contributed by atoms with Crippen molar-refractivity contribution in [3.63, 3.8) is 0 Å². The lowest BCUT2D eigenvalue weighted by Crippen LogP contribution is -2.22. The Hall–Kier alpha value is -2.50. The molecule has 0 aliphatic carbocycles. The van der Waals surface area contributed by atoms with Crippen LogP contribution >= 0.6 is 0 Å². The molecule has 2 aromatic rings. The molecule has 2 heterocycles. The summed E-state index contributed by atoms with van der Waals surface area (Å²) in [4.78, 5) is 22.3. The molecular weight excluding hydrogens is 248 g/mol.